The van der Waals surface area contributed by atoms with Crippen LogP contribution in [0.1, 0.15) is 32.3 Å². The van der Waals surface area contributed by atoms with Crippen LogP contribution in [0.15, 0.2) is 48.5 Å². The second-order valence-corrected chi connectivity index (χ2v) is 4.86. The molecule has 0 unspecified atom stereocenters. The Bertz CT molecular complexity index is 568. The Morgan fingerprint density at radius 3 is 2.21 bits per heavy atom. The molecule has 2 rings (SSSR count). The number of ether oxygens (including phenoxy) is 1. The van der Waals surface area contributed by atoms with Crippen molar-refractivity contribution in [2.45, 2.75) is 26.7 Å². The van der Waals surface area contributed by atoms with Crippen LogP contribution in [-0.2, 0) is 4.79 Å². The number of benzene rings is 2. The van der Waals surface area contributed by atoms with Crippen molar-refractivity contribution in [3.63, 3.8) is 0 Å². The van der Waals surface area contributed by atoms with Crippen LogP contribution in [0.2, 0.25) is 0 Å². The summed E-state index contributed by atoms with van der Waals surface area (Å²) in [6.07, 6.45) is 0. The summed E-state index contributed by atoms with van der Waals surface area (Å²) in [6.45, 7) is 5.78. The lowest BCUT2D eigenvalue weighted by Crippen LogP contribution is -2.01. The SMILES string of the molecule is CC(=O)Oc1ccc(-c2ccccc2C(C)C)cc1. The molecule has 0 fully saturated rings. The molecule has 19 heavy (non-hydrogen) atoms. The summed E-state index contributed by atoms with van der Waals surface area (Å²) in [4.78, 5) is 10.9. The van der Waals surface area contributed by atoms with E-state index in [9.17, 15) is 4.79 Å². The summed E-state index contributed by atoms with van der Waals surface area (Å²) in [7, 11) is 0. The van der Waals surface area contributed by atoms with E-state index in [2.05, 4.69) is 32.0 Å². The zero-order valence-corrected chi connectivity index (χ0v) is 11.5. The van der Waals surface area contributed by atoms with Gasteiger partial charge in [-0.2, -0.15) is 0 Å². The third-order valence-corrected chi connectivity index (χ3v) is 3.01. The van der Waals surface area contributed by atoms with Gasteiger partial charge in [-0.05, 0) is 34.7 Å². The predicted molar refractivity (Wildman–Crippen MR) is 77.3 cm³/mol. The fraction of sp³-hybridized carbons (Fsp3) is 0.235. The first-order chi connectivity index (χ1) is 9.08. The van der Waals surface area contributed by atoms with Crippen molar-refractivity contribution in [3.8, 4) is 16.9 Å². The summed E-state index contributed by atoms with van der Waals surface area (Å²) >= 11 is 0. The zero-order chi connectivity index (χ0) is 13.8. The number of esters is 1. The number of carbonyl (C=O) groups excluding carboxylic acids is 1. The molecule has 2 aromatic carbocycles. The highest BCUT2D eigenvalue weighted by molar-refractivity contribution is 5.71. The molecule has 0 saturated heterocycles. The van der Waals surface area contributed by atoms with E-state index in [1.807, 2.05) is 30.3 Å². The van der Waals surface area contributed by atoms with Crippen LogP contribution in [0, 0.1) is 0 Å². The Labute approximate surface area is 114 Å². The number of carbonyl (C=O) groups is 1. The van der Waals surface area contributed by atoms with Gasteiger partial charge in [0.1, 0.15) is 5.75 Å². The van der Waals surface area contributed by atoms with E-state index in [0.29, 0.717) is 11.7 Å². The lowest BCUT2D eigenvalue weighted by atomic mass is 9.93. The van der Waals surface area contributed by atoms with Crippen LogP contribution in [0.3, 0.4) is 0 Å². The van der Waals surface area contributed by atoms with Crippen molar-refractivity contribution in [2.24, 2.45) is 0 Å². The molecule has 0 saturated carbocycles. The minimum Gasteiger partial charge on any atom is -0.427 e. The van der Waals surface area contributed by atoms with Gasteiger partial charge in [0.25, 0.3) is 0 Å². The Balaban J connectivity index is 2.35. The molecular formula is C17H18O2. The van der Waals surface area contributed by atoms with Gasteiger partial charge in [-0.3, -0.25) is 4.79 Å². The summed E-state index contributed by atoms with van der Waals surface area (Å²) in [5.41, 5.74) is 3.69. The Morgan fingerprint density at radius 1 is 1.00 bits per heavy atom. The summed E-state index contributed by atoms with van der Waals surface area (Å²) < 4.78 is 5.04. The molecule has 0 aliphatic heterocycles. The average molecular weight is 254 g/mol. The van der Waals surface area contributed by atoms with E-state index in [0.717, 1.165) is 5.56 Å². The second kappa shape index (κ2) is 5.70. The maximum atomic E-state index is 10.9. The molecule has 0 bridgehead atoms. The van der Waals surface area contributed by atoms with Crippen molar-refractivity contribution < 1.29 is 9.53 Å². The number of hydrogen-bond donors (Lipinski definition) is 0. The molecule has 0 aliphatic carbocycles. The molecule has 0 amide bonds. The van der Waals surface area contributed by atoms with Crippen molar-refractivity contribution in [3.05, 3.63) is 54.1 Å². The van der Waals surface area contributed by atoms with Gasteiger partial charge in [-0.25, -0.2) is 0 Å². The van der Waals surface area contributed by atoms with Crippen LogP contribution in [0.5, 0.6) is 5.75 Å². The molecule has 0 aliphatic rings. The third kappa shape index (κ3) is 3.22. The van der Waals surface area contributed by atoms with Gasteiger partial charge in [-0.1, -0.05) is 50.2 Å². The summed E-state index contributed by atoms with van der Waals surface area (Å²) in [6, 6.07) is 16.0. The van der Waals surface area contributed by atoms with Crippen LogP contribution in [0.4, 0.5) is 0 Å². The highest BCUT2D eigenvalue weighted by atomic mass is 16.5. The van der Waals surface area contributed by atoms with E-state index in [1.54, 1.807) is 0 Å². The molecular weight excluding hydrogens is 236 g/mol. The van der Waals surface area contributed by atoms with Crippen molar-refractivity contribution in [2.75, 3.05) is 0 Å². The fourth-order valence-electron chi connectivity index (χ4n) is 2.13. The van der Waals surface area contributed by atoms with Crippen LogP contribution in [0.25, 0.3) is 11.1 Å². The molecule has 98 valence electrons. The van der Waals surface area contributed by atoms with Crippen LogP contribution < -0.4 is 4.74 Å². The summed E-state index contributed by atoms with van der Waals surface area (Å²) in [5.74, 6) is 0.762. The largest absolute Gasteiger partial charge is 0.427 e. The van der Waals surface area contributed by atoms with E-state index in [1.165, 1.54) is 18.1 Å². The minimum atomic E-state index is -0.296. The van der Waals surface area contributed by atoms with Crippen LogP contribution in [-0.4, -0.2) is 5.97 Å². The third-order valence-electron chi connectivity index (χ3n) is 3.01. The Kier molecular flexibility index (Phi) is 4.00. The monoisotopic (exact) mass is 254 g/mol. The van der Waals surface area contributed by atoms with Crippen LogP contribution >= 0.6 is 0 Å². The van der Waals surface area contributed by atoms with E-state index >= 15 is 0 Å². The van der Waals surface area contributed by atoms with E-state index in [4.69, 9.17) is 4.74 Å². The van der Waals surface area contributed by atoms with Gasteiger partial charge in [0.2, 0.25) is 0 Å². The van der Waals surface area contributed by atoms with Gasteiger partial charge >= 0.3 is 5.97 Å². The minimum absolute atomic E-state index is 0.296. The normalized spacial score (nSPS) is 10.5. The highest BCUT2D eigenvalue weighted by Crippen LogP contribution is 2.30. The van der Waals surface area contributed by atoms with Gasteiger partial charge in [-0.15, -0.1) is 0 Å². The highest BCUT2D eigenvalue weighted by Gasteiger charge is 2.08. The molecule has 2 nitrogen and oxygen atoms in total. The summed E-state index contributed by atoms with van der Waals surface area (Å²) in [5, 5.41) is 0. The fourth-order valence-corrected chi connectivity index (χ4v) is 2.13. The van der Waals surface area contributed by atoms with E-state index in [-0.39, 0.29) is 5.97 Å². The standard InChI is InChI=1S/C17H18O2/c1-12(2)16-6-4-5-7-17(16)14-8-10-15(11-9-14)19-13(3)18/h4-12H,1-3H3. The van der Waals surface area contributed by atoms with Gasteiger partial charge in [0.15, 0.2) is 0 Å². The first kappa shape index (κ1) is 13.3. The smallest absolute Gasteiger partial charge is 0.308 e. The van der Waals surface area contributed by atoms with Crippen molar-refractivity contribution in [1.82, 2.24) is 0 Å². The number of rotatable bonds is 3. The predicted octanol–water partition coefficient (Wildman–Crippen LogP) is 4.40. The quantitative estimate of drug-likeness (QED) is 0.599. The Hall–Kier alpha value is -2.09. The zero-order valence-electron chi connectivity index (χ0n) is 11.5. The topological polar surface area (TPSA) is 26.3 Å². The molecule has 0 radical (unpaired) electrons. The van der Waals surface area contributed by atoms with E-state index < -0.39 is 0 Å². The molecule has 0 heterocycles. The molecule has 0 atom stereocenters. The van der Waals surface area contributed by atoms with Crippen molar-refractivity contribution in [1.29, 1.82) is 0 Å². The first-order valence-electron chi connectivity index (χ1n) is 6.45. The lowest BCUT2D eigenvalue weighted by Gasteiger charge is -2.13. The first-order valence-corrected chi connectivity index (χ1v) is 6.45. The molecule has 0 aromatic heterocycles. The van der Waals surface area contributed by atoms with Gasteiger partial charge < -0.3 is 4.74 Å². The average Bonchev–Trinajstić information content (AvgIpc) is 2.39. The number of hydrogen-bond acceptors (Lipinski definition) is 2. The van der Waals surface area contributed by atoms with Crippen molar-refractivity contribution >= 4 is 5.97 Å². The molecule has 2 aromatic rings. The Morgan fingerprint density at radius 2 is 1.63 bits per heavy atom. The van der Waals surface area contributed by atoms with Gasteiger partial charge in [0, 0.05) is 6.92 Å². The lowest BCUT2D eigenvalue weighted by molar-refractivity contribution is -0.131. The maximum absolute atomic E-state index is 10.9. The molecule has 0 spiro atoms. The van der Waals surface area contributed by atoms with Gasteiger partial charge in [0.05, 0.1) is 0 Å². The maximum Gasteiger partial charge on any atom is 0.308 e. The second-order valence-electron chi connectivity index (χ2n) is 4.86. The molecule has 2 heteroatoms. The molecule has 0 N–H and O–H groups in total.